The second kappa shape index (κ2) is 12.4. The Morgan fingerprint density at radius 2 is 1.44 bits per heavy atom. The van der Waals surface area contributed by atoms with Gasteiger partial charge in [-0.2, -0.15) is 0 Å². The number of unbranched alkanes of at least 4 members (excludes halogenated alkanes) is 2. The van der Waals surface area contributed by atoms with Crippen LogP contribution in [-0.4, -0.2) is 0 Å². The molecule has 0 spiro atoms. The van der Waals surface area contributed by atoms with Crippen molar-refractivity contribution in [2.24, 2.45) is 5.92 Å². The van der Waals surface area contributed by atoms with Crippen LogP contribution < -0.4 is 0 Å². The van der Waals surface area contributed by atoms with Crippen molar-refractivity contribution in [2.75, 3.05) is 0 Å². The van der Waals surface area contributed by atoms with E-state index in [1.165, 1.54) is 38.5 Å². The van der Waals surface area contributed by atoms with Crippen molar-refractivity contribution in [3.8, 4) is 22.3 Å². The standard InChI is InChI=1S/C33H37F3/c1-3-5-7-8-23-10-12-24(13-11-23)28-19-20-29(31(34)22-28)25-14-16-26(17-15-25)30-21-18-27(9-6-4-2)32(35)33(30)36/h4,6,14-24H,3,5,7-13H2,1-2H3/b6-4-. The van der Waals surface area contributed by atoms with Crippen LogP contribution >= 0.6 is 0 Å². The van der Waals surface area contributed by atoms with Crippen LogP contribution in [0.25, 0.3) is 22.3 Å². The number of rotatable bonds is 9. The van der Waals surface area contributed by atoms with E-state index >= 15 is 4.39 Å². The van der Waals surface area contributed by atoms with Gasteiger partial charge in [-0.25, -0.2) is 13.2 Å². The van der Waals surface area contributed by atoms with Gasteiger partial charge in [0.05, 0.1) is 0 Å². The Kier molecular flexibility index (Phi) is 9.07. The molecule has 0 saturated heterocycles. The molecule has 1 aliphatic carbocycles. The molecule has 0 radical (unpaired) electrons. The zero-order valence-corrected chi connectivity index (χ0v) is 21.5. The number of hydrogen-bond donors (Lipinski definition) is 0. The lowest BCUT2D eigenvalue weighted by molar-refractivity contribution is 0.302. The Morgan fingerprint density at radius 1 is 0.778 bits per heavy atom. The molecular formula is C33H37F3. The van der Waals surface area contributed by atoms with Crippen molar-refractivity contribution in [1.29, 1.82) is 0 Å². The number of allylic oxidation sites excluding steroid dienone is 2. The van der Waals surface area contributed by atoms with Crippen LogP contribution in [0.3, 0.4) is 0 Å². The summed E-state index contributed by atoms with van der Waals surface area (Å²) in [4.78, 5) is 0. The molecule has 0 aromatic heterocycles. The molecule has 1 fully saturated rings. The zero-order valence-electron chi connectivity index (χ0n) is 21.5. The second-order valence-corrected chi connectivity index (χ2v) is 10.2. The monoisotopic (exact) mass is 490 g/mol. The summed E-state index contributed by atoms with van der Waals surface area (Å²) < 4.78 is 44.4. The van der Waals surface area contributed by atoms with Crippen molar-refractivity contribution >= 4 is 0 Å². The highest BCUT2D eigenvalue weighted by atomic mass is 19.2. The van der Waals surface area contributed by atoms with E-state index in [9.17, 15) is 8.78 Å². The Labute approximate surface area is 214 Å². The first-order chi connectivity index (χ1) is 17.5. The fourth-order valence-electron chi connectivity index (χ4n) is 5.53. The largest absolute Gasteiger partial charge is 0.206 e. The van der Waals surface area contributed by atoms with E-state index < -0.39 is 11.6 Å². The summed E-state index contributed by atoms with van der Waals surface area (Å²) in [6.45, 7) is 4.09. The summed E-state index contributed by atoms with van der Waals surface area (Å²) in [5, 5.41) is 0. The molecule has 0 unspecified atom stereocenters. The van der Waals surface area contributed by atoms with Crippen LogP contribution in [0.15, 0.2) is 66.7 Å². The maximum absolute atomic E-state index is 15.1. The summed E-state index contributed by atoms with van der Waals surface area (Å²) in [5.41, 5.74) is 3.47. The molecule has 3 aromatic rings. The van der Waals surface area contributed by atoms with Crippen molar-refractivity contribution < 1.29 is 13.2 Å². The summed E-state index contributed by atoms with van der Waals surface area (Å²) in [7, 11) is 0. The number of halogens is 3. The second-order valence-electron chi connectivity index (χ2n) is 10.2. The van der Waals surface area contributed by atoms with Gasteiger partial charge in [0.15, 0.2) is 11.6 Å². The van der Waals surface area contributed by atoms with Crippen molar-refractivity contribution in [3.05, 3.63) is 95.3 Å². The molecular weight excluding hydrogens is 453 g/mol. The Balaban J connectivity index is 1.45. The van der Waals surface area contributed by atoms with Crippen LogP contribution in [0, 0.1) is 23.4 Å². The molecule has 1 aliphatic rings. The highest BCUT2D eigenvalue weighted by Crippen LogP contribution is 2.39. The maximum Gasteiger partial charge on any atom is 0.166 e. The van der Waals surface area contributed by atoms with Gasteiger partial charge in [-0.05, 0) is 79.2 Å². The average Bonchev–Trinajstić information content (AvgIpc) is 2.90. The van der Waals surface area contributed by atoms with Gasteiger partial charge in [0, 0.05) is 11.1 Å². The van der Waals surface area contributed by atoms with Crippen LogP contribution in [0.5, 0.6) is 0 Å². The minimum absolute atomic E-state index is 0.212. The number of benzene rings is 3. The molecule has 0 amide bonds. The normalized spacial score (nSPS) is 18.1. The summed E-state index contributed by atoms with van der Waals surface area (Å²) >= 11 is 0. The van der Waals surface area contributed by atoms with Crippen LogP contribution in [-0.2, 0) is 6.42 Å². The molecule has 190 valence electrons. The molecule has 4 rings (SSSR count). The predicted molar refractivity (Wildman–Crippen MR) is 145 cm³/mol. The molecule has 0 aliphatic heterocycles. The first kappa shape index (κ1) is 26.3. The molecule has 0 bridgehead atoms. The van der Waals surface area contributed by atoms with Crippen molar-refractivity contribution in [3.63, 3.8) is 0 Å². The third-order valence-electron chi connectivity index (χ3n) is 7.77. The van der Waals surface area contributed by atoms with E-state index in [0.29, 0.717) is 29.0 Å². The lowest BCUT2D eigenvalue weighted by atomic mass is 9.77. The summed E-state index contributed by atoms with van der Waals surface area (Å²) in [6, 6.07) is 15.9. The van der Waals surface area contributed by atoms with Gasteiger partial charge in [0.2, 0.25) is 0 Å². The van der Waals surface area contributed by atoms with Crippen LogP contribution in [0.2, 0.25) is 0 Å². The fraction of sp³-hybridized carbons (Fsp3) is 0.394. The van der Waals surface area contributed by atoms with Gasteiger partial charge in [-0.3, -0.25) is 0 Å². The van der Waals surface area contributed by atoms with Crippen molar-refractivity contribution in [1.82, 2.24) is 0 Å². The lowest BCUT2D eigenvalue weighted by Gasteiger charge is -2.29. The van der Waals surface area contributed by atoms with Gasteiger partial charge in [0.1, 0.15) is 5.82 Å². The SMILES string of the molecule is C/C=C\Cc1ccc(-c2ccc(-c3ccc(C4CCC(CCCCC)CC4)cc3F)cc2)c(F)c1F. The van der Waals surface area contributed by atoms with E-state index in [4.69, 9.17) is 0 Å². The minimum Gasteiger partial charge on any atom is -0.206 e. The van der Waals surface area contributed by atoms with Gasteiger partial charge in [0.25, 0.3) is 0 Å². The predicted octanol–water partition coefficient (Wildman–Crippen LogP) is 10.4. The van der Waals surface area contributed by atoms with Gasteiger partial charge < -0.3 is 0 Å². The molecule has 3 aromatic carbocycles. The molecule has 0 heterocycles. The first-order valence-electron chi connectivity index (χ1n) is 13.5. The van der Waals surface area contributed by atoms with Gasteiger partial charge in [-0.1, -0.05) is 93.3 Å². The third kappa shape index (κ3) is 6.11. The molecule has 1 saturated carbocycles. The Bertz CT molecular complexity index is 1170. The van der Waals surface area contributed by atoms with E-state index in [-0.39, 0.29) is 11.4 Å². The molecule has 0 N–H and O–H groups in total. The quantitative estimate of drug-likeness (QED) is 0.207. The average molecular weight is 491 g/mol. The Hall–Kier alpha value is -2.81. The molecule has 0 atom stereocenters. The van der Waals surface area contributed by atoms with Gasteiger partial charge >= 0.3 is 0 Å². The summed E-state index contributed by atoms with van der Waals surface area (Å²) in [5.74, 6) is -0.618. The highest BCUT2D eigenvalue weighted by molar-refractivity contribution is 5.71. The van der Waals surface area contributed by atoms with Crippen LogP contribution in [0.4, 0.5) is 13.2 Å². The first-order valence-corrected chi connectivity index (χ1v) is 13.5. The lowest BCUT2D eigenvalue weighted by Crippen LogP contribution is -2.13. The van der Waals surface area contributed by atoms with E-state index in [1.807, 2.05) is 19.1 Å². The summed E-state index contributed by atoms with van der Waals surface area (Å²) in [6.07, 6.45) is 14.0. The molecule has 36 heavy (non-hydrogen) atoms. The fourth-order valence-corrected chi connectivity index (χ4v) is 5.53. The smallest absolute Gasteiger partial charge is 0.166 e. The minimum atomic E-state index is -0.847. The third-order valence-corrected chi connectivity index (χ3v) is 7.77. The molecule has 3 heteroatoms. The topological polar surface area (TPSA) is 0 Å². The van der Waals surface area contributed by atoms with Crippen LogP contribution in [0.1, 0.15) is 82.3 Å². The Morgan fingerprint density at radius 3 is 2.08 bits per heavy atom. The highest BCUT2D eigenvalue weighted by Gasteiger charge is 2.23. The number of hydrogen-bond acceptors (Lipinski definition) is 0. The van der Waals surface area contributed by atoms with E-state index in [0.717, 1.165) is 29.9 Å². The van der Waals surface area contributed by atoms with E-state index in [2.05, 4.69) is 13.0 Å². The maximum atomic E-state index is 15.1. The van der Waals surface area contributed by atoms with E-state index in [1.54, 1.807) is 48.5 Å². The van der Waals surface area contributed by atoms with Crippen molar-refractivity contribution in [2.45, 2.75) is 77.6 Å². The van der Waals surface area contributed by atoms with Gasteiger partial charge in [-0.15, -0.1) is 0 Å². The zero-order chi connectivity index (χ0) is 25.5. The molecule has 0 nitrogen and oxygen atoms in total.